The molecule has 19 heteroatoms. The highest BCUT2D eigenvalue weighted by molar-refractivity contribution is 5.76. The normalized spacial score (nSPS) is 34.3. The summed E-state index contributed by atoms with van der Waals surface area (Å²) in [5.74, 6) is -0.314. The third-order valence-corrected chi connectivity index (χ3v) is 11.6. The summed E-state index contributed by atoms with van der Waals surface area (Å²) in [6.07, 6.45) is 4.68. The molecule has 0 radical (unpaired) electrons. The molecule has 19 nitrogen and oxygen atoms in total. The van der Waals surface area contributed by atoms with Crippen LogP contribution in [0.15, 0.2) is 60.8 Å². The van der Waals surface area contributed by atoms with Crippen LogP contribution >= 0.6 is 0 Å². The van der Waals surface area contributed by atoms with Crippen molar-refractivity contribution in [1.82, 2.24) is 5.32 Å². The van der Waals surface area contributed by atoms with Gasteiger partial charge in [0.25, 0.3) is 0 Å². The Kier molecular flexibility index (Phi) is 28.3. The highest BCUT2D eigenvalue weighted by Gasteiger charge is 2.53. The van der Waals surface area contributed by atoms with Crippen LogP contribution in [0.5, 0.6) is 0 Å². The van der Waals surface area contributed by atoms with Gasteiger partial charge >= 0.3 is 0 Å². The molecule has 17 atom stereocenters. The van der Waals surface area contributed by atoms with E-state index in [9.17, 15) is 61.0 Å². The fraction of sp³-hybridized carbons (Fsp3) is 0.766. The highest BCUT2D eigenvalue weighted by atomic mass is 16.8. The lowest BCUT2D eigenvalue weighted by Crippen LogP contribution is -2.66. The average Bonchev–Trinajstić information content (AvgIpc) is 3.31. The fourth-order valence-electron chi connectivity index (χ4n) is 7.57. The molecule has 0 aromatic rings. The molecule has 0 aromatic heterocycles. The molecule has 380 valence electrons. The summed E-state index contributed by atoms with van der Waals surface area (Å²) in [4.78, 5) is 13.1. The lowest BCUT2D eigenvalue weighted by atomic mass is 9.96. The molecule has 3 rings (SSSR count). The lowest BCUT2D eigenvalue weighted by Gasteiger charge is -2.48. The summed E-state index contributed by atoms with van der Waals surface area (Å²) in [5.41, 5.74) is 0. The van der Waals surface area contributed by atoms with Gasteiger partial charge in [0.05, 0.1) is 38.6 Å². The topological polar surface area (TPSA) is 307 Å². The molecule has 17 unspecified atom stereocenters. The number of unbranched alkanes of at least 4 members (excludes halogenated alkanes) is 6. The molecule has 3 fully saturated rings. The maximum atomic E-state index is 13.1. The van der Waals surface area contributed by atoms with Crippen molar-refractivity contribution < 1.29 is 89.4 Å². The van der Waals surface area contributed by atoms with Gasteiger partial charge in [-0.2, -0.15) is 0 Å². The highest BCUT2D eigenvalue weighted by Crippen LogP contribution is 2.33. The molecule has 12 N–H and O–H groups in total. The number of ether oxygens (including phenoxy) is 6. The number of hydrogen-bond donors (Lipinski definition) is 12. The number of amides is 1. The largest absolute Gasteiger partial charge is 0.394 e. The van der Waals surface area contributed by atoms with Crippen molar-refractivity contribution in [2.75, 3.05) is 26.4 Å². The van der Waals surface area contributed by atoms with Gasteiger partial charge in [0, 0.05) is 6.42 Å². The van der Waals surface area contributed by atoms with Crippen LogP contribution in [0.3, 0.4) is 0 Å². The Hall–Kier alpha value is -2.51. The summed E-state index contributed by atoms with van der Waals surface area (Å²) in [7, 11) is 0. The van der Waals surface area contributed by atoms with Crippen molar-refractivity contribution in [3.8, 4) is 0 Å². The van der Waals surface area contributed by atoms with Crippen molar-refractivity contribution in [3.05, 3.63) is 60.8 Å². The van der Waals surface area contributed by atoms with Crippen LogP contribution < -0.4 is 5.32 Å². The number of allylic oxidation sites excluding steroid dienone is 9. The van der Waals surface area contributed by atoms with E-state index in [4.69, 9.17) is 28.4 Å². The molecule has 0 saturated carbocycles. The zero-order chi connectivity index (χ0) is 48.4. The first-order valence-electron chi connectivity index (χ1n) is 23.5. The molecule has 0 bridgehead atoms. The number of carbonyl (C=O) groups excluding carboxylic acids is 1. The van der Waals surface area contributed by atoms with Gasteiger partial charge in [0.2, 0.25) is 5.91 Å². The number of rotatable bonds is 30. The first kappa shape index (κ1) is 57.8. The van der Waals surface area contributed by atoms with Crippen molar-refractivity contribution in [3.63, 3.8) is 0 Å². The third-order valence-electron chi connectivity index (χ3n) is 11.6. The molecule has 3 saturated heterocycles. The van der Waals surface area contributed by atoms with E-state index in [1.54, 1.807) is 12.2 Å². The van der Waals surface area contributed by atoms with Gasteiger partial charge in [0.1, 0.15) is 73.2 Å². The molecule has 66 heavy (non-hydrogen) atoms. The van der Waals surface area contributed by atoms with Crippen LogP contribution in [-0.2, 0) is 33.2 Å². The number of hydrogen-bond acceptors (Lipinski definition) is 18. The molecule has 0 aromatic carbocycles. The average molecular weight is 946 g/mol. The van der Waals surface area contributed by atoms with E-state index < -0.39 is 124 Å². The van der Waals surface area contributed by atoms with Gasteiger partial charge in [-0.25, -0.2) is 0 Å². The Bertz CT molecular complexity index is 1460. The summed E-state index contributed by atoms with van der Waals surface area (Å²) >= 11 is 0. The Morgan fingerprint density at radius 2 is 1.05 bits per heavy atom. The van der Waals surface area contributed by atoms with E-state index in [0.717, 1.165) is 64.2 Å². The summed E-state index contributed by atoms with van der Waals surface area (Å²) in [6, 6.07) is -0.983. The minimum Gasteiger partial charge on any atom is -0.394 e. The van der Waals surface area contributed by atoms with Crippen molar-refractivity contribution in [2.45, 2.75) is 202 Å². The Labute approximate surface area is 388 Å². The Balaban J connectivity index is 1.51. The Morgan fingerprint density at radius 3 is 1.61 bits per heavy atom. The van der Waals surface area contributed by atoms with Crippen LogP contribution in [0.25, 0.3) is 0 Å². The fourth-order valence-corrected chi connectivity index (χ4v) is 7.57. The second-order valence-electron chi connectivity index (χ2n) is 16.8. The zero-order valence-electron chi connectivity index (χ0n) is 38.4. The van der Waals surface area contributed by atoms with Gasteiger partial charge in [-0.3, -0.25) is 4.79 Å². The summed E-state index contributed by atoms with van der Waals surface area (Å²) < 4.78 is 33.8. The summed E-state index contributed by atoms with van der Waals surface area (Å²) in [6.45, 7) is 1.35. The van der Waals surface area contributed by atoms with Crippen LogP contribution in [-0.4, -0.2) is 193 Å². The van der Waals surface area contributed by atoms with Gasteiger partial charge in [-0.05, 0) is 51.4 Å². The van der Waals surface area contributed by atoms with E-state index in [-0.39, 0.29) is 18.9 Å². The maximum Gasteiger partial charge on any atom is 0.220 e. The monoisotopic (exact) mass is 946 g/mol. The van der Waals surface area contributed by atoms with Crippen LogP contribution in [0.1, 0.15) is 97.3 Å². The molecule has 1 amide bonds. The predicted molar refractivity (Wildman–Crippen MR) is 240 cm³/mol. The molecule has 0 aliphatic carbocycles. The Morgan fingerprint density at radius 1 is 0.561 bits per heavy atom. The molecule has 3 aliphatic heterocycles. The van der Waals surface area contributed by atoms with Gasteiger partial charge < -0.3 is 89.9 Å². The second kappa shape index (κ2) is 32.3. The van der Waals surface area contributed by atoms with Crippen molar-refractivity contribution >= 4 is 5.91 Å². The summed E-state index contributed by atoms with van der Waals surface area (Å²) in [5, 5.41) is 119. The zero-order valence-corrected chi connectivity index (χ0v) is 38.4. The first-order chi connectivity index (χ1) is 31.8. The van der Waals surface area contributed by atoms with E-state index in [0.29, 0.717) is 12.8 Å². The van der Waals surface area contributed by atoms with Crippen molar-refractivity contribution in [2.24, 2.45) is 0 Å². The van der Waals surface area contributed by atoms with Gasteiger partial charge in [-0.15, -0.1) is 0 Å². The number of carbonyl (C=O) groups is 1. The molecular formula is C47H79NO18. The molecule has 3 aliphatic rings. The molecule has 0 spiro atoms. The van der Waals surface area contributed by atoms with Crippen LogP contribution in [0.4, 0.5) is 0 Å². The van der Waals surface area contributed by atoms with E-state index >= 15 is 0 Å². The van der Waals surface area contributed by atoms with Gasteiger partial charge in [0.15, 0.2) is 18.9 Å². The minimum absolute atomic E-state index is 0.209. The number of aliphatic hydroxyl groups is 11. The van der Waals surface area contributed by atoms with E-state index in [1.807, 2.05) is 6.92 Å². The van der Waals surface area contributed by atoms with Crippen molar-refractivity contribution in [1.29, 1.82) is 0 Å². The standard InChI is InChI=1S/C47H79NO18/c1-3-5-7-9-10-11-12-13-14-15-16-17-18-19-20-21-23-25-35(53)48-30(31(52)24-22-8-6-4-2)29-61-45-41(59)38(56)43(33(27-50)63-45)66-47-42(60)39(57)44(34(28-51)64-47)65-46-40(58)37(55)36(54)32(26-49)62-46/h5,7,10-11,13-14,16-17,22,24,30-34,36-47,49-52,54-60H,3-4,6,8-9,12,15,18-21,23,25-29H2,1-2H3,(H,48,53)/b7-5-,11-10-,14-13-,17-16-,24-22+. The second-order valence-corrected chi connectivity index (χ2v) is 16.8. The maximum absolute atomic E-state index is 13.1. The number of nitrogens with one attached hydrogen (secondary N) is 1. The van der Waals surface area contributed by atoms with Crippen LogP contribution in [0.2, 0.25) is 0 Å². The smallest absolute Gasteiger partial charge is 0.220 e. The van der Waals surface area contributed by atoms with E-state index in [1.165, 1.54) is 0 Å². The predicted octanol–water partition coefficient (Wildman–Crippen LogP) is 0.189. The number of aliphatic hydroxyl groups excluding tert-OH is 11. The SMILES string of the molecule is CC/C=C\C/C=C\C/C=C\C/C=C\CCCCCCC(=O)NC(COC1OC(CO)C(OC2OC(CO)C(OC3OC(CO)C(O)C(O)C3O)C(O)C2O)C(O)C1O)C(O)/C=C/CCCC. The van der Waals surface area contributed by atoms with Gasteiger partial charge in [-0.1, -0.05) is 100 Å². The van der Waals surface area contributed by atoms with E-state index in [2.05, 4.69) is 60.8 Å². The third kappa shape index (κ3) is 18.8. The first-order valence-corrected chi connectivity index (χ1v) is 23.5. The van der Waals surface area contributed by atoms with Crippen LogP contribution in [0, 0.1) is 0 Å². The quantitative estimate of drug-likeness (QED) is 0.0338. The molecular weight excluding hydrogens is 867 g/mol. The lowest BCUT2D eigenvalue weighted by molar-refractivity contribution is -0.379. The molecule has 3 heterocycles. The minimum atomic E-state index is -1.98.